The summed E-state index contributed by atoms with van der Waals surface area (Å²) in [5.41, 5.74) is 2.81. The van der Waals surface area contributed by atoms with Crippen LogP contribution in [0.1, 0.15) is 34.3 Å². The Bertz CT molecular complexity index is 798. The smallest absolute Gasteiger partial charge is 0.255 e. The molecule has 4 aliphatic rings. The van der Waals surface area contributed by atoms with Crippen molar-refractivity contribution in [2.24, 2.45) is 11.8 Å². The maximum atomic E-state index is 12.7. The molecule has 3 fully saturated rings. The van der Waals surface area contributed by atoms with Crippen molar-refractivity contribution in [1.29, 1.82) is 0 Å². The zero-order chi connectivity index (χ0) is 17.8. The number of benzene rings is 1. The third kappa shape index (κ3) is 2.54. The summed E-state index contributed by atoms with van der Waals surface area (Å²) in [4.78, 5) is 37.7. The Morgan fingerprint density at radius 3 is 2.73 bits per heavy atom. The minimum atomic E-state index is -0.549. The van der Waals surface area contributed by atoms with Gasteiger partial charge in [0, 0.05) is 31.1 Å². The summed E-state index contributed by atoms with van der Waals surface area (Å²) in [6.45, 7) is 3.47. The van der Waals surface area contributed by atoms with E-state index < -0.39 is 6.04 Å². The largest absolute Gasteiger partial charge is 0.322 e. The molecule has 5 rings (SSSR count). The van der Waals surface area contributed by atoms with E-state index in [1.165, 1.54) is 5.56 Å². The Kier molecular flexibility index (Phi) is 3.62. The van der Waals surface area contributed by atoms with Crippen LogP contribution in [0, 0.1) is 11.8 Å². The number of rotatable bonds is 4. The Morgan fingerprint density at radius 2 is 1.96 bits per heavy atom. The Balaban J connectivity index is 1.26. The van der Waals surface area contributed by atoms with E-state index in [9.17, 15) is 14.4 Å². The van der Waals surface area contributed by atoms with Gasteiger partial charge < -0.3 is 15.5 Å². The minimum absolute atomic E-state index is 0.114. The second-order valence-electron chi connectivity index (χ2n) is 7.78. The average Bonchev–Trinajstić information content (AvgIpc) is 2.93. The van der Waals surface area contributed by atoms with Crippen LogP contribution in [0.25, 0.3) is 0 Å². The number of hydrogen-bond acceptors (Lipinski definition) is 5. The van der Waals surface area contributed by atoms with Crippen molar-refractivity contribution >= 4 is 17.7 Å². The van der Waals surface area contributed by atoms with Crippen LogP contribution in [-0.4, -0.2) is 47.8 Å². The molecule has 3 N–H and O–H groups in total. The van der Waals surface area contributed by atoms with Crippen molar-refractivity contribution in [3.63, 3.8) is 0 Å². The Labute approximate surface area is 151 Å². The van der Waals surface area contributed by atoms with Crippen molar-refractivity contribution in [2.45, 2.75) is 38.0 Å². The van der Waals surface area contributed by atoms with E-state index in [1.54, 1.807) is 4.90 Å². The van der Waals surface area contributed by atoms with E-state index >= 15 is 0 Å². The monoisotopic (exact) mass is 354 g/mol. The number of amides is 3. The molecular formula is C19H22N4O3. The molecule has 7 heteroatoms. The molecule has 26 heavy (non-hydrogen) atoms. The lowest BCUT2D eigenvalue weighted by Crippen LogP contribution is -2.52. The fraction of sp³-hybridized carbons (Fsp3) is 0.526. The van der Waals surface area contributed by atoms with Crippen LogP contribution in [0.2, 0.25) is 0 Å². The van der Waals surface area contributed by atoms with Gasteiger partial charge in [-0.15, -0.1) is 0 Å². The van der Waals surface area contributed by atoms with Crippen LogP contribution in [-0.2, 0) is 22.7 Å². The van der Waals surface area contributed by atoms with Crippen molar-refractivity contribution in [2.75, 3.05) is 13.1 Å². The number of carbonyl (C=O) groups is 3. The van der Waals surface area contributed by atoms with E-state index in [2.05, 4.69) is 22.0 Å². The number of carbonyl (C=O) groups excluding carboxylic acids is 3. The number of nitrogens with zero attached hydrogens (tertiary/aromatic N) is 1. The molecule has 1 aromatic rings. The second-order valence-corrected chi connectivity index (χ2v) is 7.78. The van der Waals surface area contributed by atoms with Gasteiger partial charge in [0.15, 0.2) is 0 Å². The number of imide groups is 1. The average molecular weight is 354 g/mol. The van der Waals surface area contributed by atoms with Crippen LogP contribution >= 0.6 is 0 Å². The van der Waals surface area contributed by atoms with Gasteiger partial charge in [0.25, 0.3) is 5.91 Å². The summed E-state index contributed by atoms with van der Waals surface area (Å²) < 4.78 is 0. The van der Waals surface area contributed by atoms with E-state index in [-0.39, 0.29) is 24.1 Å². The first-order chi connectivity index (χ1) is 12.6. The first-order valence-corrected chi connectivity index (χ1v) is 9.32. The highest BCUT2D eigenvalue weighted by atomic mass is 16.2. The molecule has 7 nitrogen and oxygen atoms in total. The summed E-state index contributed by atoms with van der Waals surface area (Å²) in [6, 6.07) is 6.01. The molecule has 1 aromatic carbocycles. The molecule has 2 saturated heterocycles. The van der Waals surface area contributed by atoms with Crippen LogP contribution in [0.3, 0.4) is 0 Å². The Morgan fingerprint density at radius 1 is 1.15 bits per heavy atom. The van der Waals surface area contributed by atoms with Gasteiger partial charge in [0.1, 0.15) is 6.04 Å². The SMILES string of the molecule is O=C1CCC(N2Cc3cc(CNC4[C@H]5CNC[C@@H]45)ccc3C2=O)C(=O)N1. The zero-order valence-corrected chi connectivity index (χ0v) is 14.5. The topological polar surface area (TPSA) is 90.5 Å². The zero-order valence-electron chi connectivity index (χ0n) is 14.5. The molecule has 0 radical (unpaired) electrons. The van der Waals surface area contributed by atoms with Crippen molar-refractivity contribution in [3.8, 4) is 0 Å². The second kappa shape index (κ2) is 5.89. The molecule has 0 bridgehead atoms. The van der Waals surface area contributed by atoms with Crippen molar-refractivity contribution in [3.05, 3.63) is 34.9 Å². The van der Waals surface area contributed by atoms with Gasteiger partial charge in [0.05, 0.1) is 0 Å². The molecule has 2 unspecified atom stereocenters. The van der Waals surface area contributed by atoms with E-state index in [4.69, 9.17) is 0 Å². The van der Waals surface area contributed by atoms with Crippen LogP contribution in [0.4, 0.5) is 0 Å². The molecule has 0 aromatic heterocycles. The molecule has 4 atom stereocenters. The predicted octanol–water partition coefficient (Wildman–Crippen LogP) is -0.245. The molecule has 3 amide bonds. The Hall–Kier alpha value is -2.25. The molecular weight excluding hydrogens is 332 g/mol. The molecule has 1 aliphatic carbocycles. The predicted molar refractivity (Wildman–Crippen MR) is 93.0 cm³/mol. The highest BCUT2D eigenvalue weighted by Gasteiger charge is 2.52. The van der Waals surface area contributed by atoms with Crippen LogP contribution in [0.15, 0.2) is 18.2 Å². The van der Waals surface area contributed by atoms with Crippen molar-refractivity contribution < 1.29 is 14.4 Å². The summed E-state index contributed by atoms with van der Waals surface area (Å²) in [6.07, 6.45) is 0.682. The summed E-state index contributed by atoms with van der Waals surface area (Å²) in [7, 11) is 0. The lowest BCUT2D eigenvalue weighted by atomic mass is 10.0. The highest BCUT2D eigenvalue weighted by Crippen LogP contribution is 2.41. The van der Waals surface area contributed by atoms with Crippen LogP contribution in [0.5, 0.6) is 0 Å². The third-order valence-corrected chi connectivity index (χ3v) is 6.22. The van der Waals surface area contributed by atoms with Crippen molar-refractivity contribution in [1.82, 2.24) is 20.9 Å². The number of nitrogens with one attached hydrogen (secondary N) is 3. The highest BCUT2D eigenvalue weighted by molar-refractivity contribution is 6.05. The van der Waals surface area contributed by atoms with E-state index in [1.807, 2.05) is 12.1 Å². The first kappa shape index (κ1) is 16.0. The molecule has 1 saturated carbocycles. The number of piperidine rings is 2. The summed E-state index contributed by atoms with van der Waals surface area (Å²) in [5.74, 6) is 0.807. The maximum Gasteiger partial charge on any atom is 0.255 e. The lowest BCUT2D eigenvalue weighted by Gasteiger charge is -2.29. The van der Waals surface area contributed by atoms with Gasteiger partial charge in [-0.3, -0.25) is 19.7 Å². The standard InChI is InChI=1S/C19H22N4O3/c24-16-4-3-15(18(25)22-16)23-9-11-5-10(1-2-12(11)19(23)26)6-21-17-13-7-20-8-14(13)17/h1-2,5,13-15,17,20-21H,3-4,6-9H2,(H,22,24,25)/t13-,14+,15?,17?. The van der Waals surface area contributed by atoms with Gasteiger partial charge in [-0.05, 0) is 48.5 Å². The lowest BCUT2D eigenvalue weighted by molar-refractivity contribution is -0.136. The third-order valence-electron chi connectivity index (χ3n) is 6.22. The van der Waals surface area contributed by atoms with Gasteiger partial charge in [-0.25, -0.2) is 0 Å². The number of hydrogen-bond donors (Lipinski definition) is 3. The quantitative estimate of drug-likeness (QED) is 0.649. The minimum Gasteiger partial charge on any atom is -0.322 e. The van der Waals surface area contributed by atoms with Gasteiger partial charge in [-0.1, -0.05) is 12.1 Å². The number of fused-ring (bicyclic) bond motifs is 2. The summed E-state index contributed by atoms with van der Waals surface area (Å²) >= 11 is 0. The maximum absolute atomic E-state index is 12.7. The first-order valence-electron chi connectivity index (χ1n) is 9.32. The van der Waals surface area contributed by atoms with E-state index in [0.717, 1.165) is 37.0 Å². The molecule has 136 valence electrons. The normalized spacial score (nSPS) is 32.5. The summed E-state index contributed by atoms with van der Waals surface area (Å²) in [5, 5.41) is 9.36. The van der Waals surface area contributed by atoms with Gasteiger partial charge >= 0.3 is 0 Å². The van der Waals surface area contributed by atoms with E-state index in [0.29, 0.717) is 24.6 Å². The van der Waals surface area contributed by atoms with Gasteiger partial charge in [-0.2, -0.15) is 0 Å². The van der Waals surface area contributed by atoms with Gasteiger partial charge in [0.2, 0.25) is 11.8 Å². The molecule has 0 spiro atoms. The van der Waals surface area contributed by atoms with Crippen LogP contribution < -0.4 is 16.0 Å². The fourth-order valence-corrected chi connectivity index (χ4v) is 4.69. The molecule has 3 heterocycles. The molecule has 3 aliphatic heterocycles. The fourth-order valence-electron chi connectivity index (χ4n) is 4.69.